The zero-order chi connectivity index (χ0) is 12.7. The molecule has 1 heterocycles. The molecule has 17 heavy (non-hydrogen) atoms. The monoisotopic (exact) mass is 249 g/mol. The minimum absolute atomic E-state index is 0.441. The highest BCUT2D eigenvalue weighted by molar-refractivity contribution is 6.36. The molecule has 1 amide bonds. The Morgan fingerprint density at radius 3 is 2.59 bits per heavy atom. The van der Waals surface area contributed by atoms with E-state index < -0.39 is 5.91 Å². The van der Waals surface area contributed by atoms with Gasteiger partial charge in [0, 0.05) is 24.1 Å². The quantitative estimate of drug-likeness (QED) is 0.773. The van der Waals surface area contributed by atoms with Gasteiger partial charge in [0.1, 0.15) is 7.05 Å². The van der Waals surface area contributed by atoms with E-state index in [-0.39, 0.29) is 0 Å². The van der Waals surface area contributed by atoms with Gasteiger partial charge in [-0.05, 0) is 19.1 Å². The maximum atomic E-state index is 11.2. The fourth-order valence-corrected chi connectivity index (χ4v) is 2.24. The molecule has 88 valence electrons. The smallest absolute Gasteiger partial charge is 0.248 e. The van der Waals surface area contributed by atoms with Crippen LogP contribution in [0.5, 0.6) is 0 Å². The Labute approximate surface area is 105 Å². The number of carbonyl (C=O) groups excluding carboxylic acids is 1. The molecule has 2 aromatic rings. The number of aryl methyl sites for hydroxylation is 1. The van der Waals surface area contributed by atoms with Crippen LogP contribution in [0.1, 0.15) is 21.6 Å². The number of benzene rings is 1. The second-order valence-corrected chi connectivity index (χ2v) is 4.56. The Morgan fingerprint density at radius 2 is 2.00 bits per heavy atom. The molecule has 0 saturated carbocycles. The van der Waals surface area contributed by atoms with E-state index >= 15 is 0 Å². The van der Waals surface area contributed by atoms with Crippen LogP contribution in [-0.2, 0) is 7.05 Å². The molecule has 0 spiro atoms. The first-order valence-corrected chi connectivity index (χ1v) is 5.69. The van der Waals surface area contributed by atoms with Crippen LogP contribution in [0.15, 0.2) is 18.2 Å². The van der Waals surface area contributed by atoms with Gasteiger partial charge in [0.05, 0.1) is 10.4 Å². The summed E-state index contributed by atoms with van der Waals surface area (Å²) in [5, 5.41) is 1.53. The molecule has 4 heteroatoms. The van der Waals surface area contributed by atoms with Crippen LogP contribution in [-0.4, -0.2) is 5.91 Å². The third-order valence-corrected chi connectivity index (χ3v) is 3.74. The molecule has 1 aromatic carbocycles. The standard InChI is InChI=1S/C13H13ClN2O/c1-7-8(2)16(3)11-5-4-9(13(15)17)6-10(11)12(7)14/h4-6H,1-3H3,(H-,15,17)/p+1. The number of nitrogens with two attached hydrogens (primary N) is 1. The summed E-state index contributed by atoms with van der Waals surface area (Å²) in [6.45, 7) is 3.98. The van der Waals surface area contributed by atoms with Gasteiger partial charge in [-0.15, -0.1) is 0 Å². The van der Waals surface area contributed by atoms with Gasteiger partial charge in [0.15, 0.2) is 5.69 Å². The van der Waals surface area contributed by atoms with Crippen molar-refractivity contribution in [1.29, 1.82) is 0 Å². The zero-order valence-corrected chi connectivity index (χ0v) is 10.8. The summed E-state index contributed by atoms with van der Waals surface area (Å²) >= 11 is 6.31. The van der Waals surface area contributed by atoms with Crippen molar-refractivity contribution >= 4 is 28.4 Å². The zero-order valence-electron chi connectivity index (χ0n) is 10.0. The van der Waals surface area contributed by atoms with Gasteiger partial charge in [-0.25, -0.2) is 0 Å². The van der Waals surface area contributed by atoms with E-state index in [1.807, 2.05) is 27.0 Å². The maximum Gasteiger partial charge on any atom is 0.248 e. The number of fused-ring (bicyclic) bond motifs is 1. The highest BCUT2D eigenvalue weighted by Gasteiger charge is 2.18. The minimum Gasteiger partial charge on any atom is -0.366 e. The largest absolute Gasteiger partial charge is 0.366 e. The topological polar surface area (TPSA) is 47.0 Å². The van der Waals surface area contributed by atoms with Crippen molar-refractivity contribution in [3.63, 3.8) is 0 Å². The van der Waals surface area contributed by atoms with E-state index in [1.54, 1.807) is 12.1 Å². The van der Waals surface area contributed by atoms with Gasteiger partial charge >= 0.3 is 0 Å². The van der Waals surface area contributed by atoms with Crippen molar-refractivity contribution in [1.82, 2.24) is 0 Å². The molecule has 0 saturated heterocycles. The predicted molar refractivity (Wildman–Crippen MR) is 68.1 cm³/mol. The van der Waals surface area contributed by atoms with Gasteiger partial charge in [0.25, 0.3) is 0 Å². The van der Waals surface area contributed by atoms with Gasteiger partial charge in [0.2, 0.25) is 11.4 Å². The molecule has 2 N–H and O–H groups in total. The molecule has 0 bridgehead atoms. The lowest BCUT2D eigenvalue weighted by Gasteiger charge is -2.07. The Morgan fingerprint density at radius 1 is 1.35 bits per heavy atom. The fourth-order valence-electron chi connectivity index (χ4n) is 1.95. The number of hydrogen-bond donors (Lipinski definition) is 1. The van der Waals surface area contributed by atoms with Crippen LogP contribution in [0.2, 0.25) is 5.02 Å². The fraction of sp³-hybridized carbons (Fsp3) is 0.231. The Hall–Kier alpha value is -1.61. The van der Waals surface area contributed by atoms with Crippen LogP contribution >= 0.6 is 11.6 Å². The summed E-state index contributed by atoms with van der Waals surface area (Å²) in [5.74, 6) is -0.441. The average molecular weight is 250 g/mol. The second-order valence-electron chi connectivity index (χ2n) is 4.18. The number of halogens is 1. The van der Waals surface area contributed by atoms with Crippen LogP contribution < -0.4 is 10.3 Å². The Bertz CT molecular complexity index is 635. The molecule has 0 aliphatic carbocycles. The van der Waals surface area contributed by atoms with Crippen molar-refractivity contribution < 1.29 is 9.36 Å². The molecule has 0 unspecified atom stereocenters. The summed E-state index contributed by atoms with van der Waals surface area (Å²) in [7, 11) is 1.98. The first-order chi connectivity index (χ1) is 7.93. The number of pyridine rings is 1. The van der Waals surface area contributed by atoms with Gasteiger partial charge < -0.3 is 5.73 Å². The van der Waals surface area contributed by atoms with Crippen molar-refractivity contribution in [2.24, 2.45) is 12.8 Å². The van der Waals surface area contributed by atoms with E-state index in [1.165, 1.54) is 0 Å². The second kappa shape index (κ2) is 4.00. The molecule has 0 aliphatic rings. The number of primary amides is 1. The Balaban J connectivity index is 2.91. The molecule has 0 fully saturated rings. The molecule has 0 radical (unpaired) electrons. The molecule has 3 nitrogen and oxygen atoms in total. The minimum atomic E-state index is -0.441. The summed E-state index contributed by atoms with van der Waals surface area (Å²) in [6, 6.07) is 5.33. The third kappa shape index (κ3) is 1.76. The van der Waals surface area contributed by atoms with E-state index in [0.717, 1.165) is 22.2 Å². The molecule has 1 aromatic heterocycles. The number of rotatable bonds is 1. The molecular weight excluding hydrogens is 236 g/mol. The number of aromatic nitrogens is 1. The van der Waals surface area contributed by atoms with Crippen LogP contribution in [0, 0.1) is 13.8 Å². The predicted octanol–water partition coefficient (Wildman–Crippen LogP) is 2.03. The third-order valence-electron chi connectivity index (χ3n) is 3.25. The lowest BCUT2D eigenvalue weighted by molar-refractivity contribution is -0.651. The molecule has 0 aliphatic heterocycles. The van der Waals surface area contributed by atoms with Crippen molar-refractivity contribution in [2.75, 3.05) is 0 Å². The number of carbonyl (C=O) groups is 1. The summed E-state index contributed by atoms with van der Waals surface area (Å²) in [6.07, 6.45) is 0. The first-order valence-electron chi connectivity index (χ1n) is 5.31. The van der Waals surface area contributed by atoms with Crippen LogP contribution in [0.25, 0.3) is 10.9 Å². The van der Waals surface area contributed by atoms with E-state index in [0.29, 0.717) is 10.6 Å². The van der Waals surface area contributed by atoms with Crippen molar-refractivity contribution in [2.45, 2.75) is 13.8 Å². The SMILES string of the molecule is Cc1c(Cl)c2cc(C(N)=O)ccc2[n+](C)c1C. The van der Waals surface area contributed by atoms with E-state index in [9.17, 15) is 4.79 Å². The Kier molecular flexibility index (Phi) is 2.79. The summed E-state index contributed by atoms with van der Waals surface area (Å²) in [5.41, 5.74) is 8.86. The summed E-state index contributed by atoms with van der Waals surface area (Å²) in [4.78, 5) is 11.2. The average Bonchev–Trinajstić information content (AvgIpc) is 2.32. The van der Waals surface area contributed by atoms with Crippen molar-refractivity contribution in [3.05, 3.63) is 40.0 Å². The summed E-state index contributed by atoms with van der Waals surface area (Å²) < 4.78 is 2.06. The number of hydrogen-bond acceptors (Lipinski definition) is 1. The normalized spacial score (nSPS) is 10.8. The van der Waals surface area contributed by atoms with Gasteiger partial charge in [-0.2, -0.15) is 4.57 Å². The lowest BCUT2D eigenvalue weighted by atomic mass is 10.1. The van der Waals surface area contributed by atoms with Gasteiger partial charge in [-0.3, -0.25) is 4.79 Å². The van der Waals surface area contributed by atoms with Crippen molar-refractivity contribution in [3.8, 4) is 0 Å². The number of amides is 1. The molecule has 2 rings (SSSR count). The molecule has 0 atom stereocenters. The first kappa shape index (κ1) is 11.9. The highest BCUT2D eigenvalue weighted by atomic mass is 35.5. The van der Waals surface area contributed by atoms with Crippen LogP contribution in [0.3, 0.4) is 0 Å². The maximum absolute atomic E-state index is 11.2. The number of nitrogens with zero attached hydrogens (tertiary/aromatic N) is 1. The van der Waals surface area contributed by atoms with Crippen LogP contribution in [0.4, 0.5) is 0 Å². The highest BCUT2D eigenvalue weighted by Crippen LogP contribution is 2.26. The van der Waals surface area contributed by atoms with E-state index in [2.05, 4.69) is 4.57 Å². The van der Waals surface area contributed by atoms with E-state index in [4.69, 9.17) is 17.3 Å². The molecular formula is C13H14ClN2O+. The van der Waals surface area contributed by atoms with Gasteiger partial charge in [-0.1, -0.05) is 11.6 Å². The lowest BCUT2D eigenvalue weighted by Crippen LogP contribution is -2.34.